The fourth-order valence-electron chi connectivity index (χ4n) is 2.70. The summed E-state index contributed by atoms with van der Waals surface area (Å²) in [5, 5.41) is 13.7. The molecule has 0 aliphatic rings. The van der Waals surface area contributed by atoms with Crippen molar-refractivity contribution in [2.24, 2.45) is 5.73 Å². The number of hydrogen-bond donors (Lipinski definition) is 2. The van der Waals surface area contributed by atoms with E-state index in [9.17, 15) is 9.59 Å². The second-order valence-corrected chi connectivity index (χ2v) is 8.97. The Balaban J connectivity index is 1.78. The molecule has 29 heavy (non-hydrogen) atoms. The van der Waals surface area contributed by atoms with Crippen molar-refractivity contribution in [2.75, 3.05) is 5.32 Å². The lowest BCUT2D eigenvalue weighted by molar-refractivity contribution is -0.118. The number of amides is 2. The summed E-state index contributed by atoms with van der Waals surface area (Å²) in [4.78, 5) is 25.0. The molecular formula is C20H23N5O2S2. The zero-order valence-corrected chi connectivity index (χ0v) is 18.1. The summed E-state index contributed by atoms with van der Waals surface area (Å²) in [6.07, 6.45) is 0.174. The molecule has 3 rings (SSSR count). The van der Waals surface area contributed by atoms with E-state index in [4.69, 9.17) is 5.73 Å². The highest BCUT2D eigenvalue weighted by atomic mass is 32.2. The first-order valence-electron chi connectivity index (χ1n) is 9.15. The molecule has 2 aromatic heterocycles. The zero-order valence-electron chi connectivity index (χ0n) is 16.5. The molecule has 0 unspecified atom stereocenters. The molecule has 0 radical (unpaired) electrons. The number of nitrogens with one attached hydrogen (secondary N) is 1. The van der Waals surface area contributed by atoms with Gasteiger partial charge in [-0.05, 0) is 49.4 Å². The zero-order chi connectivity index (χ0) is 21.0. The Labute approximate surface area is 177 Å². The van der Waals surface area contributed by atoms with E-state index in [-0.39, 0.29) is 12.3 Å². The first kappa shape index (κ1) is 21.1. The molecule has 0 spiro atoms. The molecule has 0 fully saturated rings. The van der Waals surface area contributed by atoms with Gasteiger partial charge in [-0.2, -0.15) is 0 Å². The largest absolute Gasteiger partial charge is 0.370 e. The van der Waals surface area contributed by atoms with Crippen molar-refractivity contribution in [1.82, 2.24) is 14.8 Å². The lowest BCUT2D eigenvalue weighted by Gasteiger charge is -2.14. The SMILES string of the molecule is Cc1ccc(C)c(NC(=O)[C@@H](C)Sc2nnc(-c3cccs3)n2CCC(N)=O)c1. The van der Waals surface area contributed by atoms with Gasteiger partial charge < -0.3 is 15.6 Å². The van der Waals surface area contributed by atoms with Gasteiger partial charge in [0.15, 0.2) is 11.0 Å². The van der Waals surface area contributed by atoms with E-state index in [1.807, 2.05) is 61.1 Å². The van der Waals surface area contributed by atoms with Crippen LogP contribution in [0.15, 0.2) is 40.9 Å². The number of thiophene rings is 1. The van der Waals surface area contributed by atoms with Crippen LogP contribution in [-0.4, -0.2) is 31.8 Å². The van der Waals surface area contributed by atoms with Gasteiger partial charge in [-0.3, -0.25) is 9.59 Å². The maximum atomic E-state index is 12.7. The topological polar surface area (TPSA) is 103 Å². The minimum Gasteiger partial charge on any atom is -0.370 e. The molecule has 0 saturated heterocycles. The second kappa shape index (κ2) is 9.23. The molecule has 9 heteroatoms. The summed E-state index contributed by atoms with van der Waals surface area (Å²) in [7, 11) is 0. The van der Waals surface area contributed by atoms with Gasteiger partial charge in [0.2, 0.25) is 11.8 Å². The van der Waals surface area contributed by atoms with E-state index in [0.717, 1.165) is 21.7 Å². The summed E-state index contributed by atoms with van der Waals surface area (Å²) in [5.74, 6) is 0.157. The maximum Gasteiger partial charge on any atom is 0.237 e. The molecule has 1 aromatic carbocycles. The van der Waals surface area contributed by atoms with Crippen molar-refractivity contribution in [3.63, 3.8) is 0 Å². The van der Waals surface area contributed by atoms with Gasteiger partial charge >= 0.3 is 0 Å². The number of thioether (sulfide) groups is 1. The monoisotopic (exact) mass is 429 g/mol. The number of rotatable bonds is 8. The van der Waals surface area contributed by atoms with Crippen LogP contribution in [0.2, 0.25) is 0 Å². The van der Waals surface area contributed by atoms with Gasteiger partial charge in [0, 0.05) is 18.7 Å². The lowest BCUT2D eigenvalue weighted by Crippen LogP contribution is -2.23. The Morgan fingerprint density at radius 1 is 1.28 bits per heavy atom. The Bertz CT molecular complexity index is 1010. The first-order chi connectivity index (χ1) is 13.8. The third-order valence-electron chi connectivity index (χ3n) is 4.34. The maximum absolute atomic E-state index is 12.7. The Morgan fingerprint density at radius 3 is 2.76 bits per heavy atom. The number of aromatic nitrogens is 3. The van der Waals surface area contributed by atoms with E-state index in [0.29, 0.717) is 17.5 Å². The van der Waals surface area contributed by atoms with Gasteiger partial charge in [0.05, 0.1) is 10.1 Å². The molecule has 0 saturated carbocycles. The van der Waals surface area contributed by atoms with Crippen molar-refractivity contribution in [3.8, 4) is 10.7 Å². The highest BCUT2D eigenvalue weighted by Gasteiger charge is 2.22. The number of carbonyl (C=O) groups is 2. The Kier molecular flexibility index (Phi) is 6.71. The minimum absolute atomic E-state index is 0.120. The van der Waals surface area contributed by atoms with Gasteiger partial charge in [0.25, 0.3) is 0 Å². The van der Waals surface area contributed by atoms with Crippen LogP contribution in [0.1, 0.15) is 24.5 Å². The van der Waals surface area contributed by atoms with Gasteiger partial charge in [0.1, 0.15) is 0 Å². The van der Waals surface area contributed by atoms with E-state index < -0.39 is 11.2 Å². The number of carbonyl (C=O) groups excluding carboxylic acids is 2. The van der Waals surface area contributed by atoms with Gasteiger partial charge in [-0.25, -0.2) is 0 Å². The highest BCUT2D eigenvalue weighted by molar-refractivity contribution is 8.00. The van der Waals surface area contributed by atoms with Crippen LogP contribution >= 0.6 is 23.1 Å². The quantitative estimate of drug-likeness (QED) is 0.533. The van der Waals surface area contributed by atoms with Crippen LogP contribution in [0.4, 0.5) is 5.69 Å². The summed E-state index contributed by atoms with van der Waals surface area (Å²) >= 11 is 2.85. The standard InChI is InChI=1S/C20H23N5O2S2/c1-12-6-7-13(2)15(11-12)22-19(27)14(3)29-20-24-23-18(16-5-4-10-28-16)25(20)9-8-17(21)26/h4-7,10-11,14H,8-9H2,1-3H3,(H2,21,26)(H,22,27)/t14-/m1/s1. The van der Waals surface area contributed by atoms with Crippen LogP contribution < -0.4 is 11.1 Å². The Morgan fingerprint density at radius 2 is 2.07 bits per heavy atom. The van der Waals surface area contributed by atoms with E-state index in [2.05, 4.69) is 15.5 Å². The lowest BCUT2D eigenvalue weighted by atomic mass is 10.1. The summed E-state index contributed by atoms with van der Waals surface area (Å²) in [5.41, 5.74) is 8.22. The van der Waals surface area contributed by atoms with Gasteiger partial charge in [-0.15, -0.1) is 21.5 Å². The van der Waals surface area contributed by atoms with Gasteiger partial charge in [-0.1, -0.05) is 30.0 Å². The molecule has 152 valence electrons. The fraction of sp³-hybridized carbons (Fsp3) is 0.300. The third kappa shape index (κ3) is 5.24. The predicted octanol–water partition coefficient (Wildman–Crippen LogP) is 3.62. The van der Waals surface area contributed by atoms with E-state index in [1.54, 1.807) is 0 Å². The fourth-order valence-corrected chi connectivity index (χ4v) is 4.30. The average molecular weight is 430 g/mol. The number of nitrogens with zero attached hydrogens (tertiary/aromatic N) is 3. The molecule has 3 aromatic rings. The smallest absolute Gasteiger partial charge is 0.237 e. The highest BCUT2D eigenvalue weighted by Crippen LogP contribution is 2.30. The van der Waals surface area contributed by atoms with Crippen LogP contribution in [-0.2, 0) is 16.1 Å². The predicted molar refractivity (Wildman–Crippen MR) is 117 cm³/mol. The third-order valence-corrected chi connectivity index (χ3v) is 6.29. The molecule has 2 heterocycles. The second-order valence-electron chi connectivity index (χ2n) is 6.72. The van der Waals surface area contributed by atoms with Crippen LogP contribution in [0.25, 0.3) is 10.7 Å². The number of hydrogen-bond acceptors (Lipinski definition) is 6. The minimum atomic E-state index is -0.400. The van der Waals surface area contributed by atoms with Crippen molar-refractivity contribution < 1.29 is 9.59 Å². The Hall–Kier alpha value is -2.65. The van der Waals surface area contributed by atoms with Crippen molar-refractivity contribution in [1.29, 1.82) is 0 Å². The van der Waals surface area contributed by atoms with Crippen molar-refractivity contribution >= 4 is 40.6 Å². The molecule has 0 aliphatic heterocycles. The molecule has 1 atom stereocenters. The molecule has 3 N–H and O–H groups in total. The molecular weight excluding hydrogens is 406 g/mol. The van der Waals surface area contributed by atoms with E-state index >= 15 is 0 Å². The van der Waals surface area contributed by atoms with E-state index in [1.165, 1.54) is 23.1 Å². The normalized spacial score (nSPS) is 12.0. The summed E-state index contributed by atoms with van der Waals surface area (Å²) in [6, 6.07) is 9.82. The van der Waals surface area contributed by atoms with Crippen molar-refractivity contribution in [3.05, 3.63) is 46.8 Å². The number of aryl methyl sites for hydroxylation is 2. The number of benzene rings is 1. The van der Waals surface area contributed by atoms with Crippen LogP contribution in [0.5, 0.6) is 0 Å². The number of primary amides is 1. The number of anilines is 1. The molecule has 0 aliphatic carbocycles. The first-order valence-corrected chi connectivity index (χ1v) is 10.9. The van der Waals surface area contributed by atoms with Crippen LogP contribution in [0.3, 0.4) is 0 Å². The molecule has 2 amide bonds. The average Bonchev–Trinajstić information content (AvgIpc) is 3.32. The van der Waals surface area contributed by atoms with Crippen molar-refractivity contribution in [2.45, 2.75) is 44.1 Å². The summed E-state index contributed by atoms with van der Waals surface area (Å²) in [6.45, 7) is 6.13. The number of nitrogens with two attached hydrogens (primary N) is 1. The molecule has 7 nitrogen and oxygen atoms in total. The summed E-state index contributed by atoms with van der Waals surface area (Å²) < 4.78 is 1.85. The molecule has 0 bridgehead atoms. The van der Waals surface area contributed by atoms with Crippen LogP contribution in [0, 0.1) is 13.8 Å².